The van der Waals surface area contributed by atoms with Crippen LogP contribution in [-0.4, -0.2) is 61.7 Å². The summed E-state index contributed by atoms with van der Waals surface area (Å²) in [5, 5.41) is 7.76. The summed E-state index contributed by atoms with van der Waals surface area (Å²) >= 11 is 0. The van der Waals surface area contributed by atoms with E-state index in [2.05, 4.69) is 20.2 Å². The third-order valence-corrected chi connectivity index (χ3v) is 5.64. The van der Waals surface area contributed by atoms with E-state index in [4.69, 9.17) is 0 Å². The largest absolute Gasteiger partial charge is 0.342 e. The first-order valence-corrected chi connectivity index (χ1v) is 9.59. The minimum Gasteiger partial charge on any atom is -0.342 e. The summed E-state index contributed by atoms with van der Waals surface area (Å²) in [4.78, 5) is 21.7. The summed E-state index contributed by atoms with van der Waals surface area (Å²) in [6.45, 7) is 6.41. The highest BCUT2D eigenvalue weighted by molar-refractivity contribution is 7.91. The number of hydrogen-bond acceptors (Lipinski definition) is 7. The molecule has 0 atom stereocenters. The van der Waals surface area contributed by atoms with Gasteiger partial charge in [-0.1, -0.05) is 0 Å². The van der Waals surface area contributed by atoms with Gasteiger partial charge in [-0.05, 0) is 26.8 Å². The first kappa shape index (κ1) is 18.0. The zero-order valence-corrected chi connectivity index (χ0v) is 15.5. The van der Waals surface area contributed by atoms with Crippen molar-refractivity contribution in [2.45, 2.75) is 37.4 Å². The van der Waals surface area contributed by atoms with Crippen LogP contribution in [0.4, 0.5) is 0 Å². The molecule has 138 valence electrons. The molecule has 0 aliphatic rings. The van der Waals surface area contributed by atoms with Crippen molar-refractivity contribution < 1.29 is 13.2 Å². The lowest BCUT2D eigenvalue weighted by Gasteiger charge is -2.17. The van der Waals surface area contributed by atoms with Crippen LogP contribution in [0.3, 0.4) is 0 Å². The lowest BCUT2D eigenvalue weighted by atomic mass is 10.4. The smallest absolute Gasteiger partial charge is 0.271 e. The molecule has 10 nitrogen and oxygen atoms in total. The molecule has 0 fully saturated rings. The summed E-state index contributed by atoms with van der Waals surface area (Å²) < 4.78 is 28.5. The van der Waals surface area contributed by atoms with E-state index in [9.17, 15) is 13.2 Å². The highest BCUT2D eigenvalue weighted by atomic mass is 32.2. The maximum Gasteiger partial charge on any atom is 0.271 e. The highest BCUT2D eigenvalue weighted by Gasteiger charge is 2.30. The fraction of sp³-hybridized carbons (Fsp3) is 0.400. The van der Waals surface area contributed by atoms with Crippen LogP contribution in [0, 0.1) is 6.92 Å². The van der Waals surface area contributed by atoms with Crippen LogP contribution in [-0.2, 0) is 21.2 Å². The Labute approximate surface area is 150 Å². The highest BCUT2D eigenvalue weighted by Crippen LogP contribution is 2.24. The second-order valence-corrected chi connectivity index (χ2v) is 7.38. The minimum atomic E-state index is -4.01. The van der Waals surface area contributed by atoms with Gasteiger partial charge in [0.25, 0.3) is 5.16 Å². The van der Waals surface area contributed by atoms with Gasteiger partial charge in [-0.25, -0.2) is 27.6 Å². The molecule has 3 rings (SSSR count). The molecule has 3 aromatic rings. The van der Waals surface area contributed by atoms with Crippen molar-refractivity contribution in [3.05, 3.63) is 30.5 Å². The Balaban J connectivity index is 1.95. The molecule has 0 saturated carbocycles. The average Bonchev–Trinajstić information content (AvgIpc) is 3.19. The normalized spacial score (nSPS) is 11.8. The number of amides is 1. The molecule has 11 heteroatoms. The van der Waals surface area contributed by atoms with E-state index in [-0.39, 0.29) is 28.2 Å². The fourth-order valence-corrected chi connectivity index (χ4v) is 4.07. The van der Waals surface area contributed by atoms with Crippen LogP contribution in [0.2, 0.25) is 0 Å². The Morgan fingerprint density at radius 3 is 2.62 bits per heavy atom. The van der Waals surface area contributed by atoms with E-state index >= 15 is 0 Å². The average molecular weight is 377 g/mol. The maximum atomic E-state index is 12.9. The Hall–Kier alpha value is -2.82. The quantitative estimate of drug-likeness (QED) is 0.608. The van der Waals surface area contributed by atoms with E-state index in [0.717, 1.165) is 0 Å². The van der Waals surface area contributed by atoms with Gasteiger partial charge in [0.1, 0.15) is 17.8 Å². The Bertz CT molecular complexity index is 1050. The van der Waals surface area contributed by atoms with Crippen molar-refractivity contribution in [3.8, 4) is 0 Å². The number of rotatable bonds is 6. The van der Waals surface area contributed by atoms with Crippen molar-refractivity contribution in [2.75, 3.05) is 13.1 Å². The molecule has 0 saturated heterocycles. The van der Waals surface area contributed by atoms with Crippen molar-refractivity contribution in [2.24, 2.45) is 0 Å². The molecule has 0 bridgehead atoms. The third-order valence-electron chi connectivity index (χ3n) is 3.95. The molecular formula is C15H19N7O3S. The van der Waals surface area contributed by atoms with Crippen LogP contribution >= 0.6 is 0 Å². The molecular weight excluding hydrogens is 358 g/mol. The molecule has 0 radical (unpaired) electrons. The van der Waals surface area contributed by atoms with Crippen LogP contribution < -0.4 is 0 Å². The number of aryl methyl sites for hydroxylation is 1. The molecule has 0 unspecified atom stereocenters. The summed E-state index contributed by atoms with van der Waals surface area (Å²) in [5.41, 5.74) is 0.514. The molecule has 0 aliphatic carbocycles. The predicted octanol–water partition coefficient (Wildman–Crippen LogP) is 0.330. The summed E-state index contributed by atoms with van der Waals surface area (Å²) in [5.74, 6) is -0.155. The van der Waals surface area contributed by atoms with Crippen molar-refractivity contribution in [3.63, 3.8) is 0 Å². The number of sulfone groups is 1. The maximum absolute atomic E-state index is 12.9. The van der Waals surface area contributed by atoms with Crippen molar-refractivity contribution in [1.82, 2.24) is 34.3 Å². The van der Waals surface area contributed by atoms with Crippen molar-refractivity contribution in [1.29, 1.82) is 0 Å². The van der Waals surface area contributed by atoms with E-state index < -0.39 is 9.84 Å². The predicted molar refractivity (Wildman–Crippen MR) is 91.1 cm³/mol. The SMILES string of the molecule is CCN(CC)C(=O)Cn1cnc(S(=O)(=O)c2c(C)nn3cccnc23)n1. The van der Waals surface area contributed by atoms with Gasteiger partial charge in [-0.3, -0.25) is 4.79 Å². The number of carbonyl (C=O) groups is 1. The van der Waals surface area contributed by atoms with Crippen LogP contribution in [0.15, 0.2) is 34.8 Å². The topological polar surface area (TPSA) is 115 Å². The Kier molecular flexibility index (Phi) is 4.72. The van der Waals surface area contributed by atoms with Gasteiger partial charge >= 0.3 is 0 Å². The number of aromatic nitrogens is 6. The van der Waals surface area contributed by atoms with E-state index in [0.29, 0.717) is 18.8 Å². The van der Waals surface area contributed by atoms with Gasteiger partial charge in [0, 0.05) is 25.5 Å². The molecule has 26 heavy (non-hydrogen) atoms. The van der Waals surface area contributed by atoms with Crippen LogP contribution in [0.5, 0.6) is 0 Å². The Morgan fingerprint density at radius 1 is 1.19 bits per heavy atom. The standard InChI is InChI=1S/C15H19N7O3S/c1-4-20(5-2)12(23)9-21-10-17-15(19-21)26(24,25)13-11(3)18-22-8-6-7-16-14(13)22/h6-8,10H,4-5,9H2,1-3H3. The molecule has 0 N–H and O–H groups in total. The first-order chi connectivity index (χ1) is 12.4. The first-order valence-electron chi connectivity index (χ1n) is 8.10. The summed E-state index contributed by atoms with van der Waals surface area (Å²) in [6, 6.07) is 1.65. The van der Waals surface area contributed by atoms with E-state index in [1.807, 2.05) is 13.8 Å². The van der Waals surface area contributed by atoms with Gasteiger partial charge in [-0.15, -0.1) is 5.10 Å². The number of fused-ring (bicyclic) bond motifs is 1. The van der Waals surface area contributed by atoms with Gasteiger partial charge in [0.05, 0.1) is 5.69 Å². The monoisotopic (exact) mass is 377 g/mol. The molecule has 0 aliphatic heterocycles. The summed E-state index contributed by atoms with van der Waals surface area (Å²) in [7, 11) is -4.01. The molecule has 0 aromatic carbocycles. The van der Waals surface area contributed by atoms with Crippen molar-refractivity contribution >= 4 is 21.4 Å². The van der Waals surface area contributed by atoms with E-state index in [1.165, 1.54) is 21.7 Å². The number of carbonyl (C=O) groups excluding carboxylic acids is 1. The third kappa shape index (κ3) is 3.05. The molecule has 1 amide bonds. The van der Waals surface area contributed by atoms with E-state index in [1.54, 1.807) is 24.1 Å². The minimum absolute atomic E-state index is 0.0362. The molecule has 3 heterocycles. The fourth-order valence-electron chi connectivity index (χ4n) is 2.67. The van der Waals surface area contributed by atoms with Crippen LogP contribution in [0.25, 0.3) is 5.65 Å². The second-order valence-electron chi connectivity index (χ2n) is 5.60. The zero-order chi connectivity index (χ0) is 18.9. The van der Waals surface area contributed by atoms with Crippen LogP contribution in [0.1, 0.15) is 19.5 Å². The number of nitrogens with zero attached hydrogens (tertiary/aromatic N) is 7. The molecule has 3 aromatic heterocycles. The summed E-state index contributed by atoms with van der Waals surface area (Å²) in [6.07, 6.45) is 4.34. The lowest BCUT2D eigenvalue weighted by molar-refractivity contribution is -0.131. The number of likely N-dealkylation sites (N-methyl/N-ethyl adjacent to an activating group) is 1. The number of hydrogen-bond donors (Lipinski definition) is 0. The Morgan fingerprint density at radius 2 is 1.92 bits per heavy atom. The molecule has 0 spiro atoms. The van der Waals surface area contributed by atoms with Gasteiger partial charge in [0.2, 0.25) is 15.7 Å². The second kappa shape index (κ2) is 6.83. The van der Waals surface area contributed by atoms with Gasteiger partial charge in [0.15, 0.2) is 5.65 Å². The van der Waals surface area contributed by atoms with Gasteiger partial charge in [-0.2, -0.15) is 5.10 Å². The van der Waals surface area contributed by atoms with Gasteiger partial charge < -0.3 is 4.90 Å². The lowest BCUT2D eigenvalue weighted by Crippen LogP contribution is -2.33. The zero-order valence-electron chi connectivity index (χ0n) is 14.7.